The number of ketones is 1. The zero-order valence-corrected chi connectivity index (χ0v) is 7.53. The van der Waals surface area contributed by atoms with Gasteiger partial charge in [-0.15, -0.1) is 0 Å². The van der Waals surface area contributed by atoms with Gasteiger partial charge < -0.3 is 4.57 Å². The summed E-state index contributed by atoms with van der Waals surface area (Å²) in [5, 5.41) is 0. The number of rotatable bonds is 2. The molecule has 0 aliphatic carbocycles. The van der Waals surface area contributed by atoms with Crippen LogP contribution in [0.3, 0.4) is 0 Å². The Bertz CT molecular complexity index is 323. The molecule has 0 amide bonds. The molecule has 0 saturated heterocycles. The lowest BCUT2D eigenvalue weighted by Gasteiger charge is -1.98. The fourth-order valence-electron chi connectivity index (χ4n) is 0.983. The highest BCUT2D eigenvalue weighted by atomic mass is 16.1. The molecule has 0 fully saturated rings. The Hall–Kier alpha value is -1.38. The molecule has 0 atom stereocenters. The van der Waals surface area contributed by atoms with Crippen LogP contribution in [0.5, 0.6) is 0 Å². The number of nitrogens with zero attached hydrogens (tertiary/aromatic N) is 2. The van der Waals surface area contributed by atoms with Gasteiger partial charge in [-0.05, 0) is 20.8 Å². The van der Waals surface area contributed by atoms with Gasteiger partial charge in [0.1, 0.15) is 0 Å². The van der Waals surface area contributed by atoms with E-state index < -0.39 is 0 Å². The van der Waals surface area contributed by atoms with Crippen LogP contribution in [-0.4, -0.2) is 15.3 Å². The molecule has 0 aliphatic rings. The van der Waals surface area contributed by atoms with Crippen molar-refractivity contribution in [1.82, 2.24) is 9.55 Å². The molecule has 0 aromatic carbocycles. The van der Waals surface area contributed by atoms with E-state index in [-0.39, 0.29) is 5.78 Å². The van der Waals surface area contributed by atoms with Crippen LogP contribution >= 0.6 is 0 Å². The van der Waals surface area contributed by atoms with Crippen LogP contribution < -0.4 is 0 Å². The molecule has 1 rings (SSSR count). The summed E-state index contributed by atoms with van der Waals surface area (Å²) in [5.74, 6) is 0.0545. The van der Waals surface area contributed by atoms with Crippen LogP contribution in [-0.2, 0) is 4.79 Å². The molecule has 0 radical (unpaired) electrons. The maximum Gasteiger partial charge on any atom is 0.154 e. The summed E-state index contributed by atoms with van der Waals surface area (Å²) in [6, 6.07) is 0. The van der Waals surface area contributed by atoms with Gasteiger partial charge in [-0.1, -0.05) is 0 Å². The number of hydrogen-bond acceptors (Lipinski definition) is 2. The highest BCUT2D eigenvalue weighted by molar-refractivity contribution is 5.91. The molecule has 12 heavy (non-hydrogen) atoms. The summed E-state index contributed by atoms with van der Waals surface area (Å²) < 4.78 is 1.83. The van der Waals surface area contributed by atoms with E-state index in [0.29, 0.717) is 0 Å². The van der Waals surface area contributed by atoms with Crippen molar-refractivity contribution in [2.24, 2.45) is 0 Å². The molecule has 0 unspecified atom stereocenters. The van der Waals surface area contributed by atoms with Crippen molar-refractivity contribution in [3.05, 3.63) is 24.3 Å². The number of imidazole rings is 1. The van der Waals surface area contributed by atoms with Gasteiger partial charge in [0, 0.05) is 18.0 Å². The summed E-state index contributed by atoms with van der Waals surface area (Å²) in [5.41, 5.74) is 1.84. The molecule has 1 aromatic rings. The number of aromatic nitrogens is 2. The summed E-state index contributed by atoms with van der Waals surface area (Å²) in [7, 11) is 0. The zero-order chi connectivity index (χ0) is 9.14. The average Bonchev–Trinajstić information content (AvgIpc) is 2.34. The molecule has 1 heterocycles. The molecule has 64 valence electrons. The monoisotopic (exact) mass is 164 g/mol. The number of allylic oxidation sites excluding steroid dienone is 2. The van der Waals surface area contributed by atoms with Gasteiger partial charge in [0.15, 0.2) is 5.78 Å². The first-order chi connectivity index (χ1) is 5.59. The standard InChI is InChI=1S/C9H12N2O/c1-7-5-11(6-10-7)8(2)4-9(3)12/h4-6H,1-3H3/b8-4-. The lowest BCUT2D eigenvalue weighted by molar-refractivity contribution is -0.112. The van der Waals surface area contributed by atoms with E-state index in [9.17, 15) is 4.79 Å². The Labute approximate surface area is 71.7 Å². The van der Waals surface area contributed by atoms with Gasteiger partial charge in [0.2, 0.25) is 0 Å². The summed E-state index contributed by atoms with van der Waals surface area (Å²) in [6.45, 7) is 5.33. The van der Waals surface area contributed by atoms with E-state index in [0.717, 1.165) is 11.4 Å². The van der Waals surface area contributed by atoms with Crippen molar-refractivity contribution in [2.75, 3.05) is 0 Å². The molecule has 0 N–H and O–H groups in total. The molecule has 0 saturated carbocycles. The molecular weight excluding hydrogens is 152 g/mol. The molecule has 0 spiro atoms. The largest absolute Gasteiger partial charge is 0.310 e. The minimum Gasteiger partial charge on any atom is -0.310 e. The number of carbonyl (C=O) groups is 1. The second-order valence-electron chi connectivity index (χ2n) is 2.82. The number of aryl methyl sites for hydroxylation is 1. The smallest absolute Gasteiger partial charge is 0.154 e. The topological polar surface area (TPSA) is 34.9 Å². The van der Waals surface area contributed by atoms with E-state index in [4.69, 9.17) is 0 Å². The minimum absolute atomic E-state index is 0.0545. The van der Waals surface area contributed by atoms with Crippen LogP contribution in [0, 0.1) is 6.92 Å². The molecule has 3 heteroatoms. The van der Waals surface area contributed by atoms with Gasteiger partial charge in [0.25, 0.3) is 0 Å². The van der Waals surface area contributed by atoms with Crippen molar-refractivity contribution >= 4 is 11.5 Å². The first-order valence-corrected chi connectivity index (χ1v) is 3.79. The lowest BCUT2D eigenvalue weighted by atomic mass is 10.3. The first kappa shape index (κ1) is 8.71. The summed E-state index contributed by atoms with van der Waals surface area (Å²) in [4.78, 5) is 14.8. The SMILES string of the molecule is CC(=O)/C=C(/C)n1cnc(C)c1. The number of hydrogen-bond donors (Lipinski definition) is 0. The first-order valence-electron chi connectivity index (χ1n) is 3.79. The Kier molecular flexibility index (Phi) is 2.43. The van der Waals surface area contributed by atoms with E-state index in [1.165, 1.54) is 6.92 Å². The minimum atomic E-state index is 0.0545. The average molecular weight is 164 g/mol. The van der Waals surface area contributed by atoms with E-state index in [1.54, 1.807) is 12.4 Å². The van der Waals surface area contributed by atoms with Crippen LogP contribution in [0.25, 0.3) is 5.70 Å². The normalized spacial score (nSPS) is 11.8. The van der Waals surface area contributed by atoms with Crippen molar-refractivity contribution in [2.45, 2.75) is 20.8 Å². The molecular formula is C9H12N2O. The van der Waals surface area contributed by atoms with E-state index >= 15 is 0 Å². The van der Waals surface area contributed by atoms with Gasteiger partial charge in [-0.3, -0.25) is 4.79 Å². The van der Waals surface area contributed by atoms with Gasteiger partial charge >= 0.3 is 0 Å². The van der Waals surface area contributed by atoms with Crippen LogP contribution in [0.1, 0.15) is 19.5 Å². The zero-order valence-electron chi connectivity index (χ0n) is 7.53. The molecule has 1 aromatic heterocycles. The fraction of sp³-hybridized carbons (Fsp3) is 0.333. The Morgan fingerprint density at radius 3 is 2.67 bits per heavy atom. The second-order valence-corrected chi connectivity index (χ2v) is 2.82. The predicted molar refractivity (Wildman–Crippen MR) is 47.6 cm³/mol. The maximum atomic E-state index is 10.7. The third kappa shape index (κ3) is 2.05. The third-order valence-corrected chi connectivity index (χ3v) is 1.53. The van der Waals surface area contributed by atoms with E-state index in [2.05, 4.69) is 4.98 Å². The highest BCUT2D eigenvalue weighted by Crippen LogP contribution is 2.04. The van der Waals surface area contributed by atoms with Crippen molar-refractivity contribution < 1.29 is 4.79 Å². The van der Waals surface area contributed by atoms with Gasteiger partial charge in [-0.25, -0.2) is 4.98 Å². The molecule has 0 aliphatic heterocycles. The fourth-order valence-corrected chi connectivity index (χ4v) is 0.983. The molecule has 3 nitrogen and oxygen atoms in total. The lowest BCUT2D eigenvalue weighted by Crippen LogP contribution is -1.92. The summed E-state index contributed by atoms with van der Waals surface area (Å²) >= 11 is 0. The van der Waals surface area contributed by atoms with Crippen molar-refractivity contribution in [3.8, 4) is 0 Å². The van der Waals surface area contributed by atoms with Crippen molar-refractivity contribution in [1.29, 1.82) is 0 Å². The maximum absolute atomic E-state index is 10.7. The van der Waals surface area contributed by atoms with Crippen molar-refractivity contribution in [3.63, 3.8) is 0 Å². The Balaban J connectivity index is 2.91. The number of carbonyl (C=O) groups excluding carboxylic acids is 1. The summed E-state index contributed by atoms with van der Waals surface area (Å²) in [6.07, 6.45) is 5.17. The molecule has 0 bridgehead atoms. The Morgan fingerprint density at radius 2 is 2.25 bits per heavy atom. The van der Waals surface area contributed by atoms with Crippen LogP contribution in [0.2, 0.25) is 0 Å². The second kappa shape index (κ2) is 3.34. The quantitative estimate of drug-likeness (QED) is 0.623. The Morgan fingerprint density at radius 1 is 1.58 bits per heavy atom. The van der Waals surface area contributed by atoms with Gasteiger partial charge in [-0.2, -0.15) is 0 Å². The van der Waals surface area contributed by atoms with Crippen LogP contribution in [0.4, 0.5) is 0 Å². The van der Waals surface area contributed by atoms with Crippen LogP contribution in [0.15, 0.2) is 18.6 Å². The third-order valence-electron chi connectivity index (χ3n) is 1.53. The van der Waals surface area contributed by atoms with E-state index in [1.807, 2.05) is 24.6 Å². The highest BCUT2D eigenvalue weighted by Gasteiger charge is 1.95. The predicted octanol–water partition coefficient (Wildman–Crippen LogP) is 1.64. The van der Waals surface area contributed by atoms with Gasteiger partial charge in [0.05, 0.1) is 12.0 Å².